The number of aliphatic hydroxyl groups excluding tert-OH is 3. The SMILES string of the molecule is C[C@@H]1OC(OC(=O)c2ccc([N+](=O)[O-])cc2)[C@@H](O)[C@H](O)[C@@H]1O. The zero-order valence-electron chi connectivity index (χ0n) is 11.5. The summed E-state index contributed by atoms with van der Waals surface area (Å²) in [6.07, 6.45) is -6.71. The lowest BCUT2D eigenvalue weighted by Gasteiger charge is -2.38. The number of carbonyl (C=O) groups is 1. The summed E-state index contributed by atoms with van der Waals surface area (Å²) in [6, 6.07) is 4.67. The number of hydrogen-bond donors (Lipinski definition) is 3. The van der Waals surface area contributed by atoms with Crippen molar-refractivity contribution < 1.29 is 34.5 Å². The molecule has 120 valence electrons. The number of nitro benzene ring substituents is 1. The van der Waals surface area contributed by atoms with Gasteiger partial charge in [0.1, 0.15) is 18.3 Å². The lowest BCUT2D eigenvalue weighted by Crippen LogP contribution is -2.57. The van der Waals surface area contributed by atoms with Gasteiger partial charge in [0.15, 0.2) is 0 Å². The first-order valence-corrected chi connectivity index (χ1v) is 6.46. The van der Waals surface area contributed by atoms with Gasteiger partial charge in [0, 0.05) is 12.1 Å². The highest BCUT2D eigenvalue weighted by Crippen LogP contribution is 2.23. The maximum atomic E-state index is 11.9. The maximum absolute atomic E-state index is 11.9. The standard InChI is InChI=1S/C13H15NO8/c1-6-9(15)10(16)11(17)13(21-6)22-12(18)7-2-4-8(5-3-7)14(19)20/h2-6,9-11,13,15-17H,1H3/t6-,9+,10+,11-,13?/m0/s1. The van der Waals surface area contributed by atoms with Crippen molar-refractivity contribution in [2.24, 2.45) is 0 Å². The van der Waals surface area contributed by atoms with Crippen molar-refractivity contribution in [1.82, 2.24) is 0 Å². The van der Waals surface area contributed by atoms with E-state index in [1.54, 1.807) is 0 Å². The Kier molecular flexibility index (Phi) is 4.71. The summed E-state index contributed by atoms with van der Waals surface area (Å²) >= 11 is 0. The molecule has 1 unspecified atom stereocenters. The van der Waals surface area contributed by atoms with Crippen molar-refractivity contribution in [2.75, 3.05) is 0 Å². The monoisotopic (exact) mass is 313 g/mol. The average Bonchev–Trinajstić information content (AvgIpc) is 2.50. The van der Waals surface area contributed by atoms with E-state index in [-0.39, 0.29) is 11.3 Å². The molecule has 0 aromatic heterocycles. The zero-order chi connectivity index (χ0) is 16.4. The van der Waals surface area contributed by atoms with E-state index < -0.39 is 41.6 Å². The van der Waals surface area contributed by atoms with Gasteiger partial charge in [-0.05, 0) is 19.1 Å². The number of ether oxygens (including phenoxy) is 2. The third kappa shape index (κ3) is 3.22. The second-order valence-corrected chi connectivity index (χ2v) is 4.89. The third-order valence-electron chi connectivity index (χ3n) is 3.35. The fourth-order valence-electron chi connectivity index (χ4n) is 2.00. The number of nitrogens with zero attached hydrogens (tertiary/aromatic N) is 1. The molecule has 9 nitrogen and oxygen atoms in total. The smallest absolute Gasteiger partial charge is 0.340 e. The molecule has 9 heteroatoms. The quantitative estimate of drug-likeness (QED) is 0.388. The van der Waals surface area contributed by atoms with Gasteiger partial charge < -0.3 is 24.8 Å². The molecule has 1 fully saturated rings. The van der Waals surface area contributed by atoms with Crippen LogP contribution in [0.2, 0.25) is 0 Å². The minimum atomic E-state index is -1.60. The molecule has 1 aromatic carbocycles. The van der Waals surface area contributed by atoms with Crippen molar-refractivity contribution >= 4 is 11.7 Å². The number of rotatable bonds is 3. The van der Waals surface area contributed by atoms with Crippen LogP contribution >= 0.6 is 0 Å². The van der Waals surface area contributed by atoms with Crippen molar-refractivity contribution in [3.63, 3.8) is 0 Å². The summed E-state index contributed by atoms with van der Waals surface area (Å²) in [4.78, 5) is 21.8. The lowest BCUT2D eigenvalue weighted by molar-refractivity contribution is -0.384. The Balaban J connectivity index is 2.06. The van der Waals surface area contributed by atoms with Gasteiger partial charge in [0.25, 0.3) is 5.69 Å². The summed E-state index contributed by atoms with van der Waals surface area (Å²) in [7, 11) is 0. The van der Waals surface area contributed by atoms with Crippen LogP contribution in [-0.2, 0) is 9.47 Å². The number of esters is 1. The van der Waals surface area contributed by atoms with Crippen LogP contribution in [0.3, 0.4) is 0 Å². The topological polar surface area (TPSA) is 139 Å². The Hall–Kier alpha value is -2.07. The molecule has 1 aliphatic rings. The highest BCUT2D eigenvalue weighted by Gasteiger charge is 2.43. The maximum Gasteiger partial charge on any atom is 0.340 e. The Morgan fingerprint density at radius 3 is 2.32 bits per heavy atom. The molecule has 3 N–H and O–H groups in total. The minimum absolute atomic E-state index is 0.0228. The van der Waals surface area contributed by atoms with E-state index >= 15 is 0 Å². The molecule has 0 radical (unpaired) electrons. The van der Waals surface area contributed by atoms with Crippen LogP contribution in [0.5, 0.6) is 0 Å². The average molecular weight is 313 g/mol. The number of aliphatic hydroxyl groups is 3. The van der Waals surface area contributed by atoms with Crippen LogP contribution in [0.1, 0.15) is 17.3 Å². The molecule has 0 aliphatic carbocycles. The van der Waals surface area contributed by atoms with E-state index in [0.29, 0.717) is 0 Å². The molecule has 1 aromatic rings. The number of hydrogen-bond acceptors (Lipinski definition) is 8. The molecule has 22 heavy (non-hydrogen) atoms. The molecule has 0 bridgehead atoms. The van der Waals surface area contributed by atoms with Crippen LogP contribution < -0.4 is 0 Å². The number of carbonyl (C=O) groups excluding carboxylic acids is 1. The molecule has 1 saturated heterocycles. The normalized spacial score (nSPS) is 31.5. The summed E-state index contributed by atoms with van der Waals surface area (Å²) in [5.74, 6) is -0.880. The second kappa shape index (κ2) is 6.36. The van der Waals surface area contributed by atoms with Gasteiger partial charge >= 0.3 is 5.97 Å². The van der Waals surface area contributed by atoms with E-state index in [1.165, 1.54) is 19.1 Å². The predicted octanol–water partition coefficient (Wildman–Crippen LogP) is -0.421. The van der Waals surface area contributed by atoms with Gasteiger partial charge in [0.05, 0.1) is 16.6 Å². The Morgan fingerprint density at radius 1 is 1.18 bits per heavy atom. The minimum Gasteiger partial charge on any atom is -0.429 e. The first-order chi connectivity index (χ1) is 10.3. The molecule has 1 aliphatic heterocycles. The first-order valence-electron chi connectivity index (χ1n) is 6.46. The van der Waals surface area contributed by atoms with E-state index in [9.17, 15) is 30.2 Å². The number of benzene rings is 1. The van der Waals surface area contributed by atoms with Crippen molar-refractivity contribution in [1.29, 1.82) is 0 Å². The van der Waals surface area contributed by atoms with Gasteiger partial charge in [-0.15, -0.1) is 0 Å². The van der Waals surface area contributed by atoms with Gasteiger partial charge in [-0.25, -0.2) is 4.79 Å². The fourth-order valence-corrected chi connectivity index (χ4v) is 2.00. The number of non-ortho nitro benzene ring substituents is 1. The Labute approximate surface area is 124 Å². The van der Waals surface area contributed by atoms with Crippen LogP contribution in [-0.4, -0.2) is 56.9 Å². The van der Waals surface area contributed by atoms with Crippen LogP contribution in [0.15, 0.2) is 24.3 Å². The number of nitro groups is 1. The summed E-state index contributed by atoms with van der Waals surface area (Å²) < 4.78 is 10.1. The molecular weight excluding hydrogens is 298 g/mol. The van der Waals surface area contributed by atoms with Crippen molar-refractivity contribution in [3.8, 4) is 0 Å². The van der Waals surface area contributed by atoms with Crippen LogP contribution in [0.25, 0.3) is 0 Å². The molecule has 5 atom stereocenters. The van der Waals surface area contributed by atoms with Crippen LogP contribution in [0, 0.1) is 10.1 Å². The fraction of sp³-hybridized carbons (Fsp3) is 0.462. The van der Waals surface area contributed by atoms with Gasteiger partial charge in [-0.1, -0.05) is 0 Å². The largest absolute Gasteiger partial charge is 0.429 e. The second-order valence-electron chi connectivity index (χ2n) is 4.89. The summed E-state index contributed by atoms with van der Waals surface area (Å²) in [5.41, 5.74) is -0.160. The Morgan fingerprint density at radius 2 is 1.77 bits per heavy atom. The first kappa shape index (κ1) is 16.3. The van der Waals surface area contributed by atoms with Crippen molar-refractivity contribution in [3.05, 3.63) is 39.9 Å². The predicted molar refractivity (Wildman–Crippen MR) is 70.9 cm³/mol. The lowest BCUT2D eigenvalue weighted by atomic mass is 10.00. The zero-order valence-corrected chi connectivity index (χ0v) is 11.5. The van der Waals surface area contributed by atoms with Crippen molar-refractivity contribution in [2.45, 2.75) is 37.6 Å². The van der Waals surface area contributed by atoms with E-state index in [4.69, 9.17) is 9.47 Å². The molecule has 2 rings (SSSR count). The van der Waals surface area contributed by atoms with E-state index in [1.807, 2.05) is 0 Å². The summed E-state index contributed by atoms with van der Waals surface area (Å²) in [6.45, 7) is 1.45. The highest BCUT2D eigenvalue weighted by atomic mass is 16.7. The molecule has 1 heterocycles. The molecule has 0 spiro atoms. The third-order valence-corrected chi connectivity index (χ3v) is 3.35. The van der Waals surface area contributed by atoms with Gasteiger partial charge in [-0.3, -0.25) is 10.1 Å². The van der Waals surface area contributed by atoms with E-state index in [0.717, 1.165) is 12.1 Å². The molecular formula is C13H15NO8. The van der Waals surface area contributed by atoms with Gasteiger partial charge in [0.2, 0.25) is 6.29 Å². The summed E-state index contributed by atoms with van der Waals surface area (Å²) in [5, 5.41) is 39.4. The van der Waals surface area contributed by atoms with Crippen LogP contribution in [0.4, 0.5) is 5.69 Å². The molecule has 0 amide bonds. The van der Waals surface area contributed by atoms with E-state index in [2.05, 4.69) is 0 Å². The highest BCUT2D eigenvalue weighted by molar-refractivity contribution is 5.89. The molecule has 0 saturated carbocycles. The van der Waals surface area contributed by atoms with Gasteiger partial charge in [-0.2, -0.15) is 0 Å². The Bertz CT molecular complexity index is 560.